The summed E-state index contributed by atoms with van der Waals surface area (Å²) in [4.78, 5) is 40.5. The van der Waals surface area contributed by atoms with Crippen molar-refractivity contribution in [3.8, 4) is 5.75 Å². The lowest BCUT2D eigenvalue weighted by molar-refractivity contribution is -0.141. The molecule has 0 unspecified atom stereocenters. The molecule has 0 aliphatic heterocycles. The molecule has 0 saturated heterocycles. The van der Waals surface area contributed by atoms with E-state index in [9.17, 15) is 19.5 Å². The Bertz CT molecular complexity index is 1070. The van der Waals surface area contributed by atoms with Crippen LogP contribution in [0.2, 0.25) is 0 Å². The second-order valence-electron chi connectivity index (χ2n) is 7.09. The molecule has 0 bridgehead atoms. The summed E-state index contributed by atoms with van der Waals surface area (Å²) in [5.74, 6) is -0.975. The summed E-state index contributed by atoms with van der Waals surface area (Å²) in [5, 5.41) is 15.0. The maximum absolute atomic E-state index is 12.5. The second-order valence-corrected chi connectivity index (χ2v) is 7.09. The molecule has 32 heavy (non-hydrogen) atoms. The fourth-order valence-electron chi connectivity index (χ4n) is 3.05. The van der Waals surface area contributed by atoms with Crippen molar-refractivity contribution < 1.29 is 24.2 Å². The van der Waals surface area contributed by atoms with Crippen molar-refractivity contribution in [2.24, 2.45) is 0 Å². The van der Waals surface area contributed by atoms with E-state index in [-0.39, 0.29) is 24.0 Å². The van der Waals surface area contributed by atoms with Crippen molar-refractivity contribution in [1.82, 2.24) is 10.3 Å². The first kappa shape index (κ1) is 22.5. The minimum atomic E-state index is -0.479. The van der Waals surface area contributed by atoms with E-state index in [4.69, 9.17) is 4.74 Å². The molecule has 1 aromatic heterocycles. The third kappa shape index (κ3) is 6.40. The van der Waals surface area contributed by atoms with Crippen molar-refractivity contribution in [2.45, 2.75) is 18.9 Å². The molecule has 2 amide bonds. The Balaban J connectivity index is 1.65. The number of ether oxygens (including phenoxy) is 1. The molecular formula is C24H23N3O5. The summed E-state index contributed by atoms with van der Waals surface area (Å²) < 4.78 is 4.75. The third-order valence-electron chi connectivity index (χ3n) is 4.72. The number of carbonyl (C=O) groups is 3. The Kier molecular flexibility index (Phi) is 7.53. The minimum absolute atomic E-state index is 0.0157. The van der Waals surface area contributed by atoms with Gasteiger partial charge in [-0.2, -0.15) is 0 Å². The maximum Gasteiger partial charge on any atom is 0.307 e. The Morgan fingerprint density at radius 1 is 0.969 bits per heavy atom. The number of carbonyl (C=O) groups excluding carboxylic acids is 3. The van der Waals surface area contributed by atoms with Crippen molar-refractivity contribution in [3.63, 3.8) is 0 Å². The van der Waals surface area contributed by atoms with Crippen LogP contribution in [-0.2, 0) is 16.0 Å². The first-order valence-corrected chi connectivity index (χ1v) is 9.91. The maximum atomic E-state index is 12.5. The summed E-state index contributed by atoms with van der Waals surface area (Å²) >= 11 is 0. The fraction of sp³-hybridized carbons (Fsp3) is 0.167. The molecule has 0 spiro atoms. The SMILES string of the molecule is COC(=O)C[C@@H](Cc1ccc(NC(=O)c2ccc(O)cc2)cc1)NC(=O)c1cccnc1. The standard InChI is InChI=1S/C24H23N3O5/c1-32-22(29)14-20(27-24(31)18-3-2-12-25-15-18)13-16-4-8-19(9-5-16)26-23(30)17-6-10-21(28)11-7-17/h2-12,15,20,28H,13-14H2,1H3,(H,26,30)(H,27,31)/t20-/m1/s1. The number of anilines is 1. The number of pyridine rings is 1. The topological polar surface area (TPSA) is 118 Å². The number of hydrogen-bond donors (Lipinski definition) is 3. The monoisotopic (exact) mass is 433 g/mol. The number of phenolic OH excluding ortho intramolecular Hbond substituents is 1. The van der Waals surface area contributed by atoms with Crippen LogP contribution >= 0.6 is 0 Å². The Morgan fingerprint density at radius 3 is 2.31 bits per heavy atom. The number of phenols is 1. The molecule has 1 heterocycles. The van der Waals surface area contributed by atoms with Gasteiger partial charge in [0.25, 0.3) is 11.8 Å². The molecule has 0 saturated carbocycles. The second kappa shape index (κ2) is 10.7. The highest BCUT2D eigenvalue weighted by molar-refractivity contribution is 6.04. The van der Waals surface area contributed by atoms with Gasteiger partial charge in [0.05, 0.1) is 19.1 Å². The summed E-state index contributed by atoms with van der Waals surface area (Å²) in [6.45, 7) is 0. The molecule has 2 aromatic carbocycles. The highest BCUT2D eigenvalue weighted by Gasteiger charge is 2.19. The molecule has 8 heteroatoms. The van der Waals surface area contributed by atoms with E-state index in [1.54, 1.807) is 30.5 Å². The molecule has 164 valence electrons. The average molecular weight is 433 g/mol. The smallest absolute Gasteiger partial charge is 0.307 e. The van der Waals surface area contributed by atoms with Crippen molar-refractivity contribution in [3.05, 3.63) is 89.7 Å². The number of aromatic nitrogens is 1. The number of amides is 2. The number of benzene rings is 2. The van der Waals surface area contributed by atoms with Gasteiger partial charge in [0, 0.05) is 29.7 Å². The average Bonchev–Trinajstić information content (AvgIpc) is 2.81. The van der Waals surface area contributed by atoms with Gasteiger partial charge in [0.1, 0.15) is 5.75 Å². The molecule has 3 rings (SSSR count). The van der Waals surface area contributed by atoms with E-state index in [0.29, 0.717) is 23.2 Å². The van der Waals surface area contributed by atoms with Crippen LogP contribution in [0.15, 0.2) is 73.1 Å². The van der Waals surface area contributed by atoms with Gasteiger partial charge in [-0.25, -0.2) is 0 Å². The molecule has 0 aliphatic carbocycles. The van der Waals surface area contributed by atoms with Gasteiger partial charge >= 0.3 is 5.97 Å². The molecule has 0 radical (unpaired) electrons. The van der Waals surface area contributed by atoms with E-state index in [2.05, 4.69) is 15.6 Å². The van der Waals surface area contributed by atoms with E-state index in [1.807, 2.05) is 12.1 Å². The number of esters is 1. The van der Waals surface area contributed by atoms with Crippen LogP contribution in [0.3, 0.4) is 0 Å². The van der Waals surface area contributed by atoms with E-state index < -0.39 is 12.0 Å². The Hall–Kier alpha value is -4.20. The molecule has 3 N–H and O–H groups in total. The largest absolute Gasteiger partial charge is 0.508 e. The van der Waals surface area contributed by atoms with E-state index in [1.165, 1.54) is 37.6 Å². The van der Waals surface area contributed by atoms with Crippen LogP contribution in [0.5, 0.6) is 5.75 Å². The highest BCUT2D eigenvalue weighted by atomic mass is 16.5. The molecule has 0 fully saturated rings. The van der Waals surface area contributed by atoms with E-state index in [0.717, 1.165) is 5.56 Å². The van der Waals surface area contributed by atoms with Crippen LogP contribution < -0.4 is 10.6 Å². The van der Waals surface area contributed by atoms with Gasteiger partial charge in [-0.3, -0.25) is 19.4 Å². The van der Waals surface area contributed by atoms with Gasteiger partial charge in [-0.05, 0) is 60.5 Å². The van der Waals surface area contributed by atoms with Crippen LogP contribution in [0.4, 0.5) is 5.69 Å². The third-order valence-corrected chi connectivity index (χ3v) is 4.72. The lowest BCUT2D eigenvalue weighted by Gasteiger charge is -2.18. The molecule has 8 nitrogen and oxygen atoms in total. The number of rotatable bonds is 8. The predicted molar refractivity (Wildman–Crippen MR) is 118 cm³/mol. The number of nitrogens with one attached hydrogen (secondary N) is 2. The Labute approximate surface area is 185 Å². The van der Waals surface area contributed by atoms with Gasteiger partial charge in [0.2, 0.25) is 0 Å². The quantitative estimate of drug-likeness (QED) is 0.470. The van der Waals surface area contributed by atoms with Crippen LogP contribution in [0.1, 0.15) is 32.7 Å². The first-order chi connectivity index (χ1) is 15.4. The summed E-state index contributed by atoms with van der Waals surface area (Å²) in [7, 11) is 1.30. The molecule has 3 aromatic rings. The highest BCUT2D eigenvalue weighted by Crippen LogP contribution is 2.16. The fourth-order valence-corrected chi connectivity index (χ4v) is 3.05. The zero-order valence-electron chi connectivity index (χ0n) is 17.4. The van der Waals surface area contributed by atoms with Crippen LogP contribution in [0.25, 0.3) is 0 Å². The lowest BCUT2D eigenvalue weighted by atomic mass is 10.0. The van der Waals surface area contributed by atoms with Gasteiger partial charge in [0.15, 0.2) is 0 Å². The zero-order chi connectivity index (χ0) is 22.9. The van der Waals surface area contributed by atoms with Gasteiger partial charge in [-0.1, -0.05) is 12.1 Å². The van der Waals surface area contributed by atoms with Crippen molar-refractivity contribution in [1.29, 1.82) is 0 Å². The first-order valence-electron chi connectivity index (χ1n) is 9.91. The summed E-state index contributed by atoms with van der Waals surface area (Å²) in [6, 6.07) is 15.9. The number of nitrogens with zero attached hydrogens (tertiary/aromatic N) is 1. The number of methoxy groups -OCH3 is 1. The molecular weight excluding hydrogens is 410 g/mol. The van der Waals surface area contributed by atoms with Gasteiger partial charge in [-0.15, -0.1) is 0 Å². The number of aromatic hydroxyl groups is 1. The molecule has 0 aliphatic rings. The van der Waals surface area contributed by atoms with Crippen molar-refractivity contribution in [2.75, 3.05) is 12.4 Å². The Morgan fingerprint density at radius 2 is 1.69 bits per heavy atom. The van der Waals surface area contributed by atoms with Crippen LogP contribution in [-0.4, -0.2) is 41.0 Å². The van der Waals surface area contributed by atoms with Crippen LogP contribution in [0, 0.1) is 0 Å². The summed E-state index contributed by atoms with van der Waals surface area (Å²) in [6.07, 6.45) is 3.44. The zero-order valence-corrected chi connectivity index (χ0v) is 17.4. The lowest BCUT2D eigenvalue weighted by Crippen LogP contribution is -2.38. The molecule has 1 atom stereocenters. The summed E-state index contributed by atoms with van der Waals surface area (Å²) in [5.41, 5.74) is 2.28. The number of hydrogen-bond acceptors (Lipinski definition) is 6. The predicted octanol–water partition coefficient (Wildman–Crippen LogP) is 2.94. The normalized spacial score (nSPS) is 11.3. The minimum Gasteiger partial charge on any atom is -0.508 e. The van der Waals surface area contributed by atoms with E-state index >= 15 is 0 Å². The van der Waals surface area contributed by atoms with Crippen molar-refractivity contribution >= 4 is 23.5 Å². The van der Waals surface area contributed by atoms with Gasteiger partial charge < -0.3 is 20.5 Å².